The van der Waals surface area contributed by atoms with Gasteiger partial charge >= 0.3 is 5.97 Å². The molecule has 0 fully saturated rings. The van der Waals surface area contributed by atoms with Gasteiger partial charge in [-0.3, -0.25) is 4.79 Å². The summed E-state index contributed by atoms with van der Waals surface area (Å²) in [6.07, 6.45) is 1.48. The molecule has 0 atom stereocenters. The smallest absolute Gasteiger partial charge is 0.357 e. The lowest BCUT2D eigenvalue weighted by atomic mass is 10.3. The van der Waals surface area contributed by atoms with Gasteiger partial charge in [0.2, 0.25) is 0 Å². The molecule has 25 heavy (non-hydrogen) atoms. The van der Waals surface area contributed by atoms with Crippen LogP contribution in [-0.2, 0) is 9.53 Å². The number of pyridine rings is 1. The number of esters is 1. The zero-order valence-electron chi connectivity index (χ0n) is 13.5. The molecule has 0 aliphatic heterocycles. The Labute approximate surface area is 144 Å². The van der Waals surface area contributed by atoms with Gasteiger partial charge < -0.3 is 10.1 Å². The summed E-state index contributed by atoms with van der Waals surface area (Å²) in [5.41, 5.74) is 1.72. The van der Waals surface area contributed by atoms with Crippen molar-refractivity contribution in [1.29, 1.82) is 0 Å². The SMILES string of the molecule is Cc1cc(NC(=O)COC(=O)c2ccccn2)n(-c2ccccc2)n1. The first kappa shape index (κ1) is 16.4. The van der Waals surface area contributed by atoms with Crippen molar-refractivity contribution < 1.29 is 14.3 Å². The van der Waals surface area contributed by atoms with E-state index in [4.69, 9.17) is 4.74 Å². The fourth-order valence-electron chi connectivity index (χ4n) is 2.22. The van der Waals surface area contributed by atoms with Gasteiger partial charge in [-0.2, -0.15) is 5.10 Å². The molecule has 126 valence electrons. The Kier molecular flexibility index (Phi) is 4.84. The van der Waals surface area contributed by atoms with E-state index in [-0.39, 0.29) is 5.69 Å². The molecule has 0 aliphatic rings. The molecule has 3 aromatic rings. The van der Waals surface area contributed by atoms with Crippen LogP contribution in [-0.4, -0.2) is 33.2 Å². The quantitative estimate of drug-likeness (QED) is 0.723. The monoisotopic (exact) mass is 336 g/mol. The fourth-order valence-corrected chi connectivity index (χ4v) is 2.22. The van der Waals surface area contributed by atoms with E-state index in [2.05, 4.69) is 15.4 Å². The molecule has 0 spiro atoms. The number of carbonyl (C=O) groups excluding carboxylic acids is 2. The van der Waals surface area contributed by atoms with Crippen LogP contribution in [0.25, 0.3) is 5.69 Å². The van der Waals surface area contributed by atoms with Crippen LogP contribution >= 0.6 is 0 Å². The number of aryl methyl sites for hydroxylation is 1. The first-order chi connectivity index (χ1) is 12.1. The molecule has 7 heteroatoms. The third-order valence-electron chi connectivity index (χ3n) is 3.31. The second kappa shape index (κ2) is 7.39. The topological polar surface area (TPSA) is 86.1 Å². The molecule has 0 saturated heterocycles. The van der Waals surface area contributed by atoms with Crippen molar-refractivity contribution in [3.8, 4) is 5.69 Å². The van der Waals surface area contributed by atoms with Crippen molar-refractivity contribution in [2.45, 2.75) is 6.92 Å². The highest BCUT2D eigenvalue weighted by molar-refractivity contribution is 5.94. The number of benzene rings is 1. The van der Waals surface area contributed by atoms with Gasteiger partial charge in [0.05, 0.1) is 11.4 Å². The third-order valence-corrected chi connectivity index (χ3v) is 3.31. The summed E-state index contributed by atoms with van der Waals surface area (Å²) in [5.74, 6) is -0.604. The fraction of sp³-hybridized carbons (Fsp3) is 0.111. The van der Waals surface area contributed by atoms with Crippen LogP contribution in [0.4, 0.5) is 5.82 Å². The van der Waals surface area contributed by atoms with Crippen LogP contribution in [0.1, 0.15) is 16.2 Å². The molecule has 0 unspecified atom stereocenters. The minimum Gasteiger partial charge on any atom is -0.451 e. The van der Waals surface area contributed by atoms with E-state index in [1.54, 1.807) is 22.9 Å². The zero-order valence-corrected chi connectivity index (χ0v) is 13.5. The average molecular weight is 336 g/mol. The summed E-state index contributed by atoms with van der Waals surface area (Å²) < 4.78 is 6.59. The molecular formula is C18H16N4O3. The molecule has 0 radical (unpaired) electrons. The Morgan fingerprint density at radius 2 is 1.88 bits per heavy atom. The van der Waals surface area contributed by atoms with E-state index in [0.717, 1.165) is 11.4 Å². The van der Waals surface area contributed by atoms with Crippen LogP contribution in [0, 0.1) is 6.92 Å². The first-order valence-corrected chi connectivity index (χ1v) is 7.63. The van der Waals surface area contributed by atoms with Gasteiger partial charge in [-0.1, -0.05) is 24.3 Å². The molecule has 0 saturated carbocycles. The van der Waals surface area contributed by atoms with Gasteiger partial charge in [0, 0.05) is 12.3 Å². The van der Waals surface area contributed by atoms with E-state index in [9.17, 15) is 9.59 Å². The maximum Gasteiger partial charge on any atom is 0.357 e. The van der Waals surface area contributed by atoms with Crippen molar-refractivity contribution >= 4 is 17.7 Å². The number of hydrogen-bond acceptors (Lipinski definition) is 5. The lowest BCUT2D eigenvalue weighted by Gasteiger charge is -2.09. The number of anilines is 1. The zero-order chi connectivity index (χ0) is 17.6. The highest BCUT2D eigenvalue weighted by Gasteiger charge is 2.14. The number of aromatic nitrogens is 3. The minimum absolute atomic E-state index is 0.153. The highest BCUT2D eigenvalue weighted by Crippen LogP contribution is 2.16. The molecule has 1 amide bonds. The number of nitrogens with zero attached hydrogens (tertiary/aromatic N) is 3. The maximum atomic E-state index is 12.1. The standard InChI is InChI=1S/C18H16N4O3/c1-13-11-16(22(21-13)14-7-3-2-4-8-14)20-17(23)12-25-18(24)15-9-5-6-10-19-15/h2-11H,12H2,1H3,(H,20,23). The molecule has 3 rings (SSSR count). The van der Waals surface area contributed by atoms with E-state index in [0.29, 0.717) is 5.82 Å². The molecular weight excluding hydrogens is 320 g/mol. The molecule has 2 aromatic heterocycles. The summed E-state index contributed by atoms with van der Waals surface area (Å²) in [6.45, 7) is 1.42. The Morgan fingerprint density at radius 3 is 2.60 bits per heavy atom. The van der Waals surface area contributed by atoms with E-state index < -0.39 is 18.5 Å². The summed E-state index contributed by atoms with van der Waals surface area (Å²) in [7, 11) is 0. The van der Waals surface area contributed by atoms with Crippen molar-refractivity contribution in [1.82, 2.24) is 14.8 Å². The lowest BCUT2D eigenvalue weighted by Crippen LogP contribution is -2.22. The van der Waals surface area contributed by atoms with Gasteiger partial charge in [-0.25, -0.2) is 14.5 Å². The molecule has 1 N–H and O–H groups in total. The number of para-hydroxylation sites is 1. The van der Waals surface area contributed by atoms with Crippen molar-refractivity contribution in [3.63, 3.8) is 0 Å². The van der Waals surface area contributed by atoms with E-state index in [1.165, 1.54) is 12.3 Å². The van der Waals surface area contributed by atoms with Crippen LogP contribution < -0.4 is 5.32 Å². The Bertz CT molecular complexity index is 876. The number of hydrogen-bond donors (Lipinski definition) is 1. The van der Waals surface area contributed by atoms with Crippen LogP contribution in [0.5, 0.6) is 0 Å². The number of nitrogens with one attached hydrogen (secondary N) is 1. The van der Waals surface area contributed by atoms with Gasteiger partial charge in [0.1, 0.15) is 11.5 Å². The van der Waals surface area contributed by atoms with Crippen LogP contribution in [0.15, 0.2) is 60.8 Å². The second-order valence-electron chi connectivity index (χ2n) is 5.26. The molecule has 0 bridgehead atoms. The van der Waals surface area contributed by atoms with Gasteiger partial charge in [0.25, 0.3) is 5.91 Å². The van der Waals surface area contributed by atoms with Crippen molar-refractivity contribution in [2.24, 2.45) is 0 Å². The van der Waals surface area contributed by atoms with Gasteiger partial charge in [0.15, 0.2) is 6.61 Å². The summed E-state index contributed by atoms with van der Waals surface area (Å²) >= 11 is 0. The van der Waals surface area contributed by atoms with E-state index in [1.807, 2.05) is 37.3 Å². The Balaban J connectivity index is 1.65. The predicted octanol–water partition coefficient (Wildman–Crippen LogP) is 2.37. The van der Waals surface area contributed by atoms with Crippen LogP contribution in [0.2, 0.25) is 0 Å². The number of rotatable bonds is 5. The predicted molar refractivity (Wildman–Crippen MR) is 91.5 cm³/mol. The minimum atomic E-state index is -0.650. The highest BCUT2D eigenvalue weighted by atomic mass is 16.5. The van der Waals surface area contributed by atoms with Crippen molar-refractivity contribution in [2.75, 3.05) is 11.9 Å². The molecule has 7 nitrogen and oxygen atoms in total. The van der Waals surface area contributed by atoms with E-state index >= 15 is 0 Å². The Morgan fingerprint density at radius 1 is 1.12 bits per heavy atom. The lowest BCUT2D eigenvalue weighted by molar-refractivity contribution is -0.119. The number of amides is 1. The normalized spacial score (nSPS) is 10.3. The van der Waals surface area contributed by atoms with Gasteiger partial charge in [-0.05, 0) is 31.2 Å². The van der Waals surface area contributed by atoms with Crippen molar-refractivity contribution in [3.05, 3.63) is 72.2 Å². The summed E-state index contributed by atoms with van der Waals surface area (Å²) in [4.78, 5) is 27.8. The Hall–Kier alpha value is -3.48. The second-order valence-corrected chi connectivity index (χ2v) is 5.26. The summed E-state index contributed by atoms with van der Waals surface area (Å²) in [5, 5.41) is 7.06. The molecule has 1 aromatic carbocycles. The first-order valence-electron chi connectivity index (χ1n) is 7.63. The van der Waals surface area contributed by atoms with Crippen LogP contribution in [0.3, 0.4) is 0 Å². The van der Waals surface area contributed by atoms with Gasteiger partial charge in [-0.15, -0.1) is 0 Å². The number of ether oxygens (including phenoxy) is 1. The summed E-state index contributed by atoms with van der Waals surface area (Å²) in [6, 6.07) is 16.0. The molecule has 0 aliphatic carbocycles. The number of carbonyl (C=O) groups is 2. The third kappa shape index (κ3) is 4.08. The largest absolute Gasteiger partial charge is 0.451 e. The molecule has 2 heterocycles. The average Bonchev–Trinajstić information content (AvgIpc) is 3.01. The maximum absolute atomic E-state index is 12.1.